The molecule has 1 atom stereocenters. The molecule has 0 saturated heterocycles. The van der Waals surface area contributed by atoms with Crippen LogP contribution in [0.1, 0.15) is 33.9 Å². The molecule has 3 aromatic carbocycles. The highest BCUT2D eigenvalue weighted by atomic mass is 19.4. The molecule has 0 aromatic heterocycles. The molecule has 0 bridgehead atoms. The normalized spacial score (nSPS) is 12.4. The number of benzene rings is 3. The Morgan fingerprint density at radius 2 is 1.60 bits per heavy atom. The highest BCUT2D eigenvalue weighted by Crippen LogP contribution is 2.36. The number of hydrogen-bond acceptors (Lipinski definition) is 3. The van der Waals surface area contributed by atoms with Gasteiger partial charge >= 0.3 is 6.18 Å². The Morgan fingerprint density at radius 3 is 2.33 bits per heavy atom. The summed E-state index contributed by atoms with van der Waals surface area (Å²) in [6, 6.07) is 15.4. The van der Waals surface area contributed by atoms with Gasteiger partial charge in [0.2, 0.25) is 5.91 Å². The number of amides is 2. The first-order valence-electron chi connectivity index (χ1n) is 9.24. The number of aryl methyl sites for hydroxylation is 1. The number of halogens is 3. The van der Waals surface area contributed by atoms with Gasteiger partial charge in [-0.05, 0) is 34.4 Å². The fraction of sp³-hybridized carbons (Fsp3) is 0.182. The Labute approximate surface area is 171 Å². The Bertz CT molecular complexity index is 1060. The lowest BCUT2D eigenvalue weighted by Crippen LogP contribution is -2.38. The van der Waals surface area contributed by atoms with Crippen LogP contribution in [0, 0.1) is 0 Å². The number of fused-ring (bicyclic) bond motifs is 1. The van der Waals surface area contributed by atoms with Gasteiger partial charge in [0.15, 0.2) is 6.04 Å². The minimum atomic E-state index is -4.70. The van der Waals surface area contributed by atoms with Crippen LogP contribution in [0.3, 0.4) is 0 Å². The van der Waals surface area contributed by atoms with E-state index in [0.717, 1.165) is 0 Å². The molecule has 5 nitrogen and oxygen atoms in total. The quantitative estimate of drug-likeness (QED) is 0.325. The van der Waals surface area contributed by atoms with Gasteiger partial charge in [0.05, 0.1) is 0 Å². The van der Waals surface area contributed by atoms with E-state index in [9.17, 15) is 22.8 Å². The number of nitrogens with one attached hydrogen (secondary N) is 2. The average Bonchev–Trinajstić information content (AvgIpc) is 2.74. The lowest BCUT2D eigenvalue weighted by Gasteiger charge is -2.24. The first-order chi connectivity index (χ1) is 14.3. The number of rotatable bonds is 6. The lowest BCUT2D eigenvalue weighted by atomic mass is 9.97. The molecule has 3 aromatic rings. The van der Waals surface area contributed by atoms with Gasteiger partial charge in [-0.25, -0.2) is 5.84 Å². The van der Waals surface area contributed by atoms with Crippen LogP contribution in [0.5, 0.6) is 0 Å². The number of nitrogens with two attached hydrogens (primary N) is 1. The predicted octanol–water partition coefficient (Wildman–Crippen LogP) is 3.80. The zero-order valence-electron chi connectivity index (χ0n) is 15.9. The third kappa shape index (κ3) is 4.77. The highest BCUT2D eigenvalue weighted by Gasteiger charge is 2.42. The largest absolute Gasteiger partial charge is 0.412 e. The van der Waals surface area contributed by atoms with E-state index in [-0.39, 0.29) is 24.0 Å². The minimum absolute atomic E-state index is 0.00676. The number of carbonyl (C=O) groups excluding carboxylic acids is 2. The molecule has 0 heterocycles. The molecule has 2 amide bonds. The SMILES string of the molecule is NNC(=O)CCc1ccccc1C(=O)N[C@@H](c1cccc2ccccc12)C(F)(F)F. The predicted molar refractivity (Wildman–Crippen MR) is 107 cm³/mol. The molecular weight excluding hydrogens is 395 g/mol. The maximum absolute atomic E-state index is 13.9. The third-order valence-electron chi connectivity index (χ3n) is 4.78. The van der Waals surface area contributed by atoms with Gasteiger partial charge < -0.3 is 5.32 Å². The van der Waals surface area contributed by atoms with E-state index < -0.39 is 24.0 Å². The molecule has 0 spiro atoms. The van der Waals surface area contributed by atoms with Crippen molar-refractivity contribution in [3.8, 4) is 0 Å². The van der Waals surface area contributed by atoms with E-state index in [4.69, 9.17) is 5.84 Å². The van der Waals surface area contributed by atoms with Crippen LogP contribution < -0.4 is 16.6 Å². The Hall–Kier alpha value is -3.39. The van der Waals surface area contributed by atoms with Crippen molar-refractivity contribution in [3.63, 3.8) is 0 Å². The van der Waals surface area contributed by atoms with E-state index in [2.05, 4.69) is 5.32 Å². The molecule has 0 radical (unpaired) electrons. The van der Waals surface area contributed by atoms with Gasteiger partial charge in [0.1, 0.15) is 0 Å². The number of carbonyl (C=O) groups is 2. The second-order valence-corrected chi connectivity index (χ2v) is 6.74. The second-order valence-electron chi connectivity index (χ2n) is 6.74. The summed E-state index contributed by atoms with van der Waals surface area (Å²) in [6.45, 7) is 0. The molecule has 0 aliphatic carbocycles. The van der Waals surface area contributed by atoms with Crippen molar-refractivity contribution in [2.45, 2.75) is 25.1 Å². The van der Waals surface area contributed by atoms with E-state index in [1.165, 1.54) is 18.2 Å². The maximum Gasteiger partial charge on any atom is 0.412 e. The summed E-state index contributed by atoms with van der Waals surface area (Å²) in [7, 11) is 0. The third-order valence-corrected chi connectivity index (χ3v) is 4.78. The average molecular weight is 415 g/mol. The first kappa shape index (κ1) is 21.3. The van der Waals surface area contributed by atoms with Crippen molar-refractivity contribution in [2.24, 2.45) is 5.84 Å². The molecule has 0 saturated carbocycles. The van der Waals surface area contributed by atoms with Crippen LogP contribution >= 0.6 is 0 Å². The standard InChI is InChI=1S/C22H20F3N3O2/c23-22(24,25)20(18-11-5-8-14-6-1-3-9-16(14)18)27-21(30)17-10-4-2-7-15(17)12-13-19(29)28-26/h1-11,20H,12-13,26H2,(H,27,30)(H,28,29)/t20-/m0/s1. The summed E-state index contributed by atoms with van der Waals surface area (Å²) in [4.78, 5) is 24.2. The van der Waals surface area contributed by atoms with Gasteiger partial charge in [0, 0.05) is 12.0 Å². The first-order valence-corrected chi connectivity index (χ1v) is 9.24. The number of hydrazine groups is 1. The minimum Gasteiger partial charge on any atom is -0.337 e. The summed E-state index contributed by atoms with van der Waals surface area (Å²) in [5.74, 6) is 3.75. The van der Waals surface area contributed by atoms with Crippen LogP contribution in [0.15, 0.2) is 66.7 Å². The molecule has 0 fully saturated rings. The molecular formula is C22H20F3N3O2. The van der Waals surface area contributed by atoms with Crippen molar-refractivity contribution in [1.82, 2.24) is 10.7 Å². The Kier molecular flexibility index (Phi) is 6.37. The Balaban J connectivity index is 1.94. The summed E-state index contributed by atoms with van der Waals surface area (Å²) in [5.41, 5.74) is 2.49. The van der Waals surface area contributed by atoms with Gasteiger partial charge in [-0.15, -0.1) is 0 Å². The number of hydrogen-bond donors (Lipinski definition) is 3. The molecule has 30 heavy (non-hydrogen) atoms. The van der Waals surface area contributed by atoms with Gasteiger partial charge in [-0.2, -0.15) is 13.2 Å². The van der Waals surface area contributed by atoms with Crippen molar-refractivity contribution in [1.29, 1.82) is 0 Å². The van der Waals surface area contributed by atoms with Crippen molar-refractivity contribution in [3.05, 3.63) is 83.4 Å². The lowest BCUT2D eigenvalue weighted by molar-refractivity contribution is -0.155. The van der Waals surface area contributed by atoms with E-state index in [1.807, 2.05) is 5.43 Å². The topological polar surface area (TPSA) is 84.2 Å². The summed E-state index contributed by atoms with van der Waals surface area (Å²) in [5, 5.41) is 3.19. The van der Waals surface area contributed by atoms with E-state index in [0.29, 0.717) is 16.3 Å². The van der Waals surface area contributed by atoms with Gasteiger partial charge in [-0.3, -0.25) is 15.0 Å². The van der Waals surface area contributed by atoms with Crippen molar-refractivity contribution < 1.29 is 22.8 Å². The molecule has 0 aliphatic heterocycles. The van der Waals surface area contributed by atoms with Crippen LogP contribution in [-0.4, -0.2) is 18.0 Å². The van der Waals surface area contributed by atoms with Crippen LogP contribution in [0.4, 0.5) is 13.2 Å². The molecule has 4 N–H and O–H groups in total. The van der Waals surface area contributed by atoms with Crippen LogP contribution in [-0.2, 0) is 11.2 Å². The molecule has 0 aliphatic rings. The zero-order valence-corrected chi connectivity index (χ0v) is 15.9. The van der Waals surface area contributed by atoms with Crippen molar-refractivity contribution in [2.75, 3.05) is 0 Å². The van der Waals surface area contributed by atoms with Crippen LogP contribution in [0.25, 0.3) is 10.8 Å². The van der Waals surface area contributed by atoms with E-state index >= 15 is 0 Å². The molecule has 0 unspecified atom stereocenters. The smallest absolute Gasteiger partial charge is 0.337 e. The fourth-order valence-electron chi connectivity index (χ4n) is 3.33. The highest BCUT2D eigenvalue weighted by molar-refractivity contribution is 5.96. The van der Waals surface area contributed by atoms with Gasteiger partial charge in [0.25, 0.3) is 5.91 Å². The van der Waals surface area contributed by atoms with Crippen molar-refractivity contribution >= 4 is 22.6 Å². The molecule has 3 rings (SSSR count). The summed E-state index contributed by atoms with van der Waals surface area (Å²) in [6.07, 6.45) is -4.53. The fourth-order valence-corrected chi connectivity index (χ4v) is 3.33. The maximum atomic E-state index is 13.9. The second kappa shape index (κ2) is 8.96. The monoisotopic (exact) mass is 415 g/mol. The molecule has 156 valence electrons. The van der Waals surface area contributed by atoms with E-state index in [1.54, 1.807) is 48.5 Å². The Morgan fingerprint density at radius 1 is 0.933 bits per heavy atom. The summed E-state index contributed by atoms with van der Waals surface area (Å²) >= 11 is 0. The van der Waals surface area contributed by atoms with Crippen LogP contribution in [0.2, 0.25) is 0 Å². The zero-order chi connectivity index (χ0) is 21.7. The summed E-state index contributed by atoms with van der Waals surface area (Å²) < 4.78 is 41.8. The molecule has 8 heteroatoms. The van der Waals surface area contributed by atoms with Gasteiger partial charge in [-0.1, -0.05) is 60.7 Å². The number of alkyl halides is 3.